The van der Waals surface area contributed by atoms with Crippen LogP contribution in [0.2, 0.25) is 0 Å². The Morgan fingerprint density at radius 2 is 2.00 bits per heavy atom. The molecule has 0 aromatic rings. The molecule has 0 aromatic carbocycles. The predicted octanol–water partition coefficient (Wildman–Crippen LogP) is -0.342. The lowest BCUT2D eigenvalue weighted by Crippen LogP contribution is -2.02. The lowest BCUT2D eigenvalue weighted by atomic mass is 12.0. The molecule has 0 aliphatic rings. The molecule has 1 atom stereocenters. The molecule has 0 saturated carbocycles. The summed E-state index contributed by atoms with van der Waals surface area (Å²) in [5, 5.41) is 0. The van der Waals surface area contributed by atoms with E-state index in [-0.39, 0.29) is 0 Å². The van der Waals surface area contributed by atoms with Gasteiger partial charge < -0.3 is 0 Å². The van der Waals surface area contributed by atoms with Crippen molar-refractivity contribution in [2.75, 3.05) is 6.66 Å². The van der Waals surface area contributed by atoms with Crippen molar-refractivity contribution < 1.29 is 9.19 Å². The molecule has 0 bridgehead atoms. The van der Waals surface area contributed by atoms with E-state index in [2.05, 4.69) is 10.5 Å². The molecule has 4 nitrogen and oxygen atoms in total. The van der Waals surface area contributed by atoms with Gasteiger partial charge in [0.2, 0.25) is 0 Å². The van der Waals surface area contributed by atoms with E-state index in [0.29, 0.717) is 0 Å². The third kappa shape index (κ3) is 4.11. The van der Waals surface area contributed by atoms with Gasteiger partial charge in [-0.2, -0.15) is 0 Å². The molecule has 0 radical (unpaired) electrons. The Morgan fingerprint density at radius 1 is 1.83 bits per heavy atom. The third-order valence-electron chi connectivity index (χ3n) is 0.209. The molecule has 6 heavy (non-hydrogen) atoms. The average molecular weight is 110 g/mol. The second kappa shape index (κ2) is 1.71. The molecule has 0 fully saturated rings. The first-order chi connectivity index (χ1) is 2.56. The first-order valence-electron chi connectivity index (χ1n) is 1.31. The molecule has 0 heterocycles. The molecule has 0 aliphatic carbocycles. The maximum absolute atomic E-state index is 10.0. The molecule has 1 unspecified atom stereocenters. The smallest absolute Gasteiger partial charge is 0.274 e. The van der Waals surface area contributed by atoms with E-state index in [1.54, 1.807) is 0 Å². The Bertz CT molecular complexity index is 75.6. The minimum Gasteiger partial charge on any atom is -0.274 e. The predicted molar refractivity (Wildman–Crippen MR) is 23.0 cm³/mol. The van der Waals surface area contributed by atoms with Crippen LogP contribution in [-0.4, -0.2) is 6.66 Å². The summed E-state index contributed by atoms with van der Waals surface area (Å²) in [6.07, 6.45) is 0. The van der Waals surface area contributed by atoms with E-state index in [4.69, 9.17) is 5.50 Å². The summed E-state index contributed by atoms with van der Waals surface area (Å²) in [4.78, 5) is 0. The van der Waals surface area contributed by atoms with E-state index in [0.717, 1.165) is 0 Å². The lowest BCUT2D eigenvalue weighted by Gasteiger charge is -1.96. The van der Waals surface area contributed by atoms with Crippen molar-refractivity contribution in [3.05, 3.63) is 0 Å². The lowest BCUT2D eigenvalue weighted by molar-refractivity contribution is 0.332. The van der Waals surface area contributed by atoms with Crippen molar-refractivity contribution in [3.8, 4) is 0 Å². The fourth-order valence-corrected chi connectivity index (χ4v) is 0. The van der Waals surface area contributed by atoms with Crippen molar-refractivity contribution in [3.63, 3.8) is 0 Å². The Balaban J connectivity index is 3.48. The molecule has 0 saturated heterocycles. The summed E-state index contributed by atoms with van der Waals surface area (Å²) in [5.74, 6) is 4.42. The van der Waals surface area contributed by atoms with Gasteiger partial charge in [-0.05, 0) is 0 Å². The van der Waals surface area contributed by atoms with Crippen LogP contribution in [0, 0.1) is 0 Å². The molecule has 0 amide bonds. The Hall–Kier alpha value is 0.110. The van der Waals surface area contributed by atoms with Crippen LogP contribution in [0.3, 0.4) is 0 Å². The van der Waals surface area contributed by atoms with Crippen LogP contribution in [-0.2, 0) is 9.19 Å². The van der Waals surface area contributed by atoms with Gasteiger partial charge in [0.15, 0.2) is 0 Å². The number of hydrogen-bond donors (Lipinski definition) is 2. The number of hydrogen-bond acceptors (Lipinski definition) is 3. The monoisotopic (exact) mass is 110 g/mol. The van der Waals surface area contributed by atoms with E-state index in [9.17, 15) is 4.57 Å². The minimum absolute atomic E-state index is 1.23. The summed E-state index contributed by atoms with van der Waals surface area (Å²) < 4.78 is 13.8. The molecule has 5 heteroatoms. The summed E-state index contributed by atoms with van der Waals surface area (Å²) in [7, 11) is -2.87. The van der Waals surface area contributed by atoms with Crippen LogP contribution in [0.25, 0.3) is 0 Å². The summed E-state index contributed by atoms with van der Waals surface area (Å²) in [5.41, 5.74) is 4.74. The van der Waals surface area contributed by atoms with Crippen LogP contribution in [0.1, 0.15) is 0 Å². The third-order valence-corrected chi connectivity index (χ3v) is 0.628. The van der Waals surface area contributed by atoms with Crippen LogP contribution >= 0.6 is 7.52 Å². The topological polar surface area (TPSA) is 78.3 Å². The first-order valence-corrected chi connectivity index (χ1v) is 3.45. The van der Waals surface area contributed by atoms with Crippen LogP contribution in [0.4, 0.5) is 0 Å². The molecule has 4 N–H and O–H groups in total. The van der Waals surface area contributed by atoms with E-state index >= 15 is 0 Å². The minimum atomic E-state index is -2.87. The highest BCUT2D eigenvalue weighted by atomic mass is 31.2. The Kier molecular flexibility index (Phi) is 1.74. The zero-order chi connectivity index (χ0) is 5.21. The zero-order valence-corrected chi connectivity index (χ0v) is 4.31. The summed E-state index contributed by atoms with van der Waals surface area (Å²) >= 11 is 0. The first kappa shape index (κ1) is 6.11. The van der Waals surface area contributed by atoms with Gasteiger partial charge in [0.25, 0.3) is 7.52 Å². The van der Waals surface area contributed by atoms with Crippen molar-refractivity contribution in [2.45, 2.75) is 0 Å². The SMILES string of the molecule is CP(N)(=O)ON. The van der Waals surface area contributed by atoms with E-state index in [1.165, 1.54) is 6.66 Å². The molecule has 0 rings (SSSR count). The standard InChI is InChI=1S/CH7N2O2P/c1-6(3,4)5-2/h2H2,1H3,(H2,3,4). The fraction of sp³-hybridized carbons (Fsp3) is 1.00. The van der Waals surface area contributed by atoms with Crippen molar-refractivity contribution in [2.24, 2.45) is 11.4 Å². The maximum atomic E-state index is 10.0. The van der Waals surface area contributed by atoms with Crippen LogP contribution in [0.5, 0.6) is 0 Å². The molecule has 0 aliphatic heterocycles. The summed E-state index contributed by atoms with van der Waals surface area (Å²) in [6, 6.07) is 0. The van der Waals surface area contributed by atoms with Gasteiger partial charge in [-0.1, -0.05) is 0 Å². The Labute approximate surface area is 35.9 Å². The second-order valence-electron chi connectivity index (χ2n) is 1.01. The molecule has 38 valence electrons. The highest BCUT2D eigenvalue weighted by molar-refractivity contribution is 7.55. The average Bonchev–Trinajstić information content (AvgIpc) is 1.35. The highest BCUT2D eigenvalue weighted by Gasteiger charge is 2.01. The maximum Gasteiger partial charge on any atom is 0.280 e. The van der Waals surface area contributed by atoms with Crippen molar-refractivity contribution >= 4 is 7.52 Å². The van der Waals surface area contributed by atoms with Gasteiger partial charge in [-0.15, -0.1) is 0 Å². The highest BCUT2D eigenvalue weighted by Crippen LogP contribution is 2.27. The van der Waals surface area contributed by atoms with Gasteiger partial charge in [-0.25, -0.2) is 10.5 Å². The van der Waals surface area contributed by atoms with Crippen molar-refractivity contribution in [1.82, 2.24) is 0 Å². The van der Waals surface area contributed by atoms with Gasteiger partial charge >= 0.3 is 0 Å². The quantitative estimate of drug-likeness (QED) is 0.357. The molecule has 0 aromatic heterocycles. The largest absolute Gasteiger partial charge is 0.280 e. The van der Waals surface area contributed by atoms with Crippen LogP contribution < -0.4 is 11.4 Å². The molecular weight excluding hydrogens is 103 g/mol. The van der Waals surface area contributed by atoms with Gasteiger partial charge in [0, 0.05) is 6.66 Å². The Morgan fingerprint density at radius 3 is 2.00 bits per heavy atom. The second-order valence-corrected chi connectivity index (χ2v) is 3.04. The van der Waals surface area contributed by atoms with E-state index in [1.807, 2.05) is 0 Å². The zero-order valence-electron chi connectivity index (χ0n) is 3.42. The number of nitrogens with two attached hydrogens (primary N) is 2. The molecular formula is CH7N2O2P. The van der Waals surface area contributed by atoms with E-state index < -0.39 is 7.52 Å². The molecule has 0 spiro atoms. The van der Waals surface area contributed by atoms with Crippen molar-refractivity contribution in [1.29, 1.82) is 0 Å². The van der Waals surface area contributed by atoms with Gasteiger partial charge in [-0.3, -0.25) is 10.1 Å². The van der Waals surface area contributed by atoms with Gasteiger partial charge in [0.1, 0.15) is 0 Å². The fourth-order valence-electron chi connectivity index (χ4n) is 0. The normalized spacial score (nSPS) is 19.8. The van der Waals surface area contributed by atoms with Gasteiger partial charge in [0.05, 0.1) is 0 Å². The summed E-state index contributed by atoms with van der Waals surface area (Å²) in [6.45, 7) is 1.23. The van der Waals surface area contributed by atoms with Crippen LogP contribution in [0.15, 0.2) is 0 Å². The number of rotatable bonds is 1.